The molecule has 1 aliphatic heterocycles. The van der Waals surface area contributed by atoms with E-state index in [1.54, 1.807) is 6.92 Å². The molecule has 0 spiro atoms. The third-order valence-corrected chi connectivity index (χ3v) is 1.04. The van der Waals surface area contributed by atoms with Crippen molar-refractivity contribution < 1.29 is 14.6 Å². The zero-order valence-corrected chi connectivity index (χ0v) is 4.83. The van der Waals surface area contributed by atoms with Crippen LogP contribution in [0, 0.1) is 0 Å². The first-order valence-corrected chi connectivity index (χ1v) is 2.72. The zero-order valence-electron chi connectivity index (χ0n) is 4.83. The van der Waals surface area contributed by atoms with Gasteiger partial charge in [0.2, 0.25) is 0 Å². The van der Waals surface area contributed by atoms with Crippen LogP contribution in [0.25, 0.3) is 0 Å². The van der Waals surface area contributed by atoms with E-state index < -0.39 is 6.10 Å². The fraction of sp³-hybridized carbons (Fsp3) is 1.00. The first-order chi connectivity index (χ1) is 3.80. The Morgan fingerprint density at radius 2 is 2.00 bits per heavy atom. The summed E-state index contributed by atoms with van der Waals surface area (Å²) in [5.41, 5.74) is 0. The van der Waals surface area contributed by atoms with Gasteiger partial charge in [0.05, 0.1) is 13.2 Å². The summed E-state index contributed by atoms with van der Waals surface area (Å²) in [6.45, 7) is 2.86. The molecule has 0 aromatic heterocycles. The quantitative estimate of drug-likeness (QED) is 0.515. The molecule has 0 bridgehead atoms. The summed E-state index contributed by atoms with van der Waals surface area (Å²) >= 11 is 0. The summed E-state index contributed by atoms with van der Waals surface area (Å²) < 4.78 is 9.88. The lowest BCUT2D eigenvalue weighted by Gasteiger charge is -2.10. The molecule has 3 heteroatoms. The van der Waals surface area contributed by atoms with Crippen LogP contribution in [0.3, 0.4) is 0 Å². The molecular weight excluding hydrogens is 108 g/mol. The van der Waals surface area contributed by atoms with E-state index in [0.717, 1.165) is 0 Å². The van der Waals surface area contributed by atoms with Crippen molar-refractivity contribution in [1.82, 2.24) is 0 Å². The van der Waals surface area contributed by atoms with Gasteiger partial charge in [-0.25, -0.2) is 0 Å². The van der Waals surface area contributed by atoms with Crippen LogP contribution < -0.4 is 0 Å². The smallest absolute Gasteiger partial charge is 0.183 e. The molecule has 0 amide bonds. The van der Waals surface area contributed by atoms with E-state index in [1.807, 2.05) is 0 Å². The van der Waals surface area contributed by atoms with E-state index >= 15 is 0 Å². The van der Waals surface area contributed by atoms with Crippen LogP contribution in [0.2, 0.25) is 0 Å². The van der Waals surface area contributed by atoms with Crippen LogP contribution in [0.5, 0.6) is 0 Å². The molecular formula is C5H10O3. The Hall–Kier alpha value is -0.120. The number of ether oxygens (including phenoxy) is 2. The normalized spacial score (nSPS) is 26.2. The lowest BCUT2D eigenvalue weighted by atomic mass is 10.4. The first kappa shape index (κ1) is 6.01. The van der Waals surface area contributed by atoms with Gasteiger partial charge in [-0.3, -0.25) is 0 Å². The number of aliphatic hydroxyl groups excluding tert-OH is 1. The average molecular weight is 118 g/mol. The molecule has 1 saturated heterocycles. The summed E-state index contributed by atoms with van der Waals surface area (Å²) in [5.74, 6) is 0. The van der Waals surface area contributed by atoms with Crippen molar-refractivity contribution in [2.45, 2.75) is 19.3 Å². The summed E-state index contributed by atoms with van der Waals surface area (Å²) in [4.78, 5) is 0. The maximum absolute atomic E-state index is 8.80. The molecule has 0 aromatic rings. The predicted octanol–water partition coefficient (Wildman–Crippen LogP) is -0.260. The lowest BCUT2D eigenvalue weighted by Crippen LogP contribution is -2.22. The van der Waals surface area contributed by atoms with Crippen LogP contribution in [-0.2, 0) is 9.47 Å². The topological polar surface area (TPSA) is 38.7 Å². The molecule has 1 fully saturated rings. The molecule has 8 heavy (non-hydrogen) atoms. The highest BCUT2D eigenvalue weighted by atomic mass is 16.7. The molecule has 0 unspecified atom stereocenters. The highest BCUT2D eigenvalue weighted by molar-refractivity contribution is 4.56. The third kappa shape index (κ3) is 1.18. The van der Waals surface area contributed by atoms with Crippen LogP contribution in [0.4, 0.5) is 0 Å². The minimum atomic E-state index is -0.502. The second-order valence-corrected chi connectivity index (χ2v) is 1.85. The van der Waals surface area contributed by atoms with Crippen molar-refractivity contribution in [3.05, 3.63) is 0 Å². The van der Waals surface area contributed by atoms with E-state index in [-0.39, 0.29) is 6.29 Å². The Labute approximate surface area is 48.2 Å². The number of hydrogen-bond acceptors (Lipinski definition) is 3. The fourth-order valence-electron chi connectivity index (χ4n) is 0.655. The van der Waals surface area contributed by atoms with Crippen molar-refractivity contribution in [2.24, 2.45) is 0 Å². The number of aliphatic hydroxyl groups is 1. The van der Waals surface area contributed by atoms with Crippen molar-refractivity contribution in [3.63, 3.8) is 0 Å². The highest BCUT2D eigenvalue weighted by Gasteiger charge is 2.20. The second kappa shape index (κ2) is 2.44. The van der Waals surface area contributed by atoms with Gasteiger partial charge in [0, 0.05) is 0 Å². The highest BCUT2D eigenvalue weighted by Crippen LogP contribution is 2.06. The molecule has 0 aliphatic carbocycles. The monoisotopic (exact) mass is 118 g/mol. The minimum Gasteiger partial charge on any atom is -0.388 e. The van der Waals surface area contributed by atoms with Crippen molar-refractivity contribution in [1.29, 1.82) is 0 Å². The van der Waals surface area contributed by atoms with Crippen molar-refractivity contribution >= 4 is 0 Å². The molecule has 48 valence electrons. The zero-order chi connectivity index (χ0) is 5.98. The van der Waals surface area contributed by atoms with Gasteiger partial charge in [-0.15, -0.1) is 0 Å². The molecule has 1 rings (SSSR count). The van der Waals surface area contributed by atoms with E-state index in [9.17, 15) is 0 Å². The van der Waals surface area contributed by atoms with Gasteiger partial charge in [-0.1, -0.05) is 0 Å². The molecule has 1 aliphatic rings. The first-order valence-electron chi connectivity index (χ1n) is 2.72. The number of rotatable bonds is 1. The molecule has 1 N–H and O–H groups in total. The molecule has 1 atom stereocenters. The van der Waals surface area contributed by atoms with Gasteiger partial charge >= 0.3 is 0 Å². The Morgan fingerprint density at radius 1 is 1.50 bits per heavy atom. The van der Waals surface area contributed by atoms with E-state index in [0.29, 0.717) is 13.2 Å². The Bertz CT molecular complexity index is 66.1. The fourth-order valence-corrected chi connectivity index (χ4v) is 0.655. The second-order valence-electron chi connectivity index (χ2n) is 1.85. The summed E-state index contributed by atoms with van der Waals surface area (Å²) in [6, 6.07) is 0. The molecule has 1 heterocycles. The summed E-state index contributed by atoms with van der Waals surface area (Å²) in [5, 5.41) is 8.80. The molecule has 0 radical (unpaired) electrons. The maximum atomic E-state index is 8.80. The molecule has 3 nitrogen and oxygen atoms in total. The third-order valence-electron chi connectivity index (χ3n) is 1.04. The van der Waals surface area contributed by atoms with Crippen LogP contribution in [0.1, 0.15) is 6.92 Å². The summed E-state index contributed by atoms with van der Waals surface area (Å²) in [6.07, 6.45) is -0.882. The van der Waals surface area contributed by atoms with Gasteiger partial charge in [0.15, 0.2) is 6.29 Å². The van der Waals surface area contributed by atoms with Gasteiger partial charge in [0.25, 0.3) is 0 Å². The van der Waals surface area contributed by atoms with Gasteiger partial charge in [0.1, 0.15) is 6.10 Å². The average Bonchev–Trinajstić information content (AvgIpc) is 2.12. The van der Waals surface area contributed by atoms with Crippen molar-refractivity contribution in [2.75, 3.05) is 13.2 Å². The lowest BCUT2D eigenvalue weighted by molar-refractivity contribution is -0.113. The van der Waals surface area contributed by atoms with Crippen molar-refractivity contribution in [3.8, 4) is 0 Å². The standard InChI is InChI=1S/C5H10O3/c1-4(6)5-7-2-3-8-5/h4-6H,2-3H2,1H3/t4-/m1/s1. The predicted molar refractivity (Wildman–Crippen MR) is 27.4 cm³/mol. The van der Waals surface area contributed by atoms with E-state index in [1.165, 1.54) is 0 Å². The van der Waals surface area contributed by atoms with Gasteiger partial charge in [-0.2, -0.15) is 0 Å². The van der Waals surface area contributed by atoms with E-state index in [2.05, 4.69) is 0 Å². The Balaban J connectivity index is 2.24. The number of hydrogen-bond donors (Lipinski definition) is 1. The largest absolute Gasteiger partial charge is 0.388 e. The maximum Gasteiger partial charge on any atom is 0.183 e. The van der Waals surface area contributed by atoms with Crippen LogP contribution in [0.15, 0.2) is 0 Å². The van der Waals surface area contributed by atoms with Crippen LogP contribution in [-0.4, -0.2) is 30.7 Å². The van der Waals surface area contributed by atoms with E-state index in [4.69, 9.17) is 14.6 Å². The molecule has 0 saturated carbocycles. The summed E-state index contributed by atoms with van der Waals surface area (Å²) in [7, 11) is 0. The minimum absolute atomic E-state index is 0.380. The Kier molecular flexibility index (Phi) is 1.83. The Morgan fingerprint density at radius 3 is 2.25 bits per heavy atom. The van der Waals surface area contributed by atoms with Crippen LogP contribution >= 0.6 is 0 Å². The van der Waals surface area contributed by atoms with Gasteiger partial charge in [-0.05, 0) is 6.92 Å². The SMILES string of the molecule is C[C@@H](O)C1OCCO1. The van der Waals surface area contributed by atoms with Gasteiger partial charge < -0.3 is 14.6 Å². The molecule has 0 aromatic carbocycles.